The van der Waals surface area contributed by atoms with Crippen molar-refractivity contribution in [3.63, 3.8) is 0 Å². The number of hydrogen-bond donors (Lipinski definition) is 0. The number of aryl methyl sites for hydroxylation is 1. The van der Waals surface area contributed by atoms with Crippen molar-refractivity contribution in [3.8, 4) is 0 Å². The van der Waals surface area contributed by atoms with E-state index in [-0.39, 0.29) is 16.9 Å². The van der Waals surface area contributed by atoms with Crippen LogP contribution in [0.25, 0.3) is 0 Å². The van der Waals surface area contributed by atoms with Crippen LogP contribution in [0.4, 0.5) is 4.39 Å². The van der Waals surface area contributed by atoms with Crippen LogP contribution < -0.4 is 0 Å². The molecule has 0 bridgehead atoms. The third-order valence-electron chi connectivity index (χ3n) is 2.90. The first-order valence-corrected chi connectivity index (χ1v) is 7.73. The van der Waals surface area contributed by atoms with Crippen LogP contribution in [0.1, 0.15) is 22.8 Å². The molecule has 17 heavy (non-hydrogen) atoms. The van der Waals surface area contributed by atoms with Crippen molar-refractivity contribution in [3.05, 3.63) is 35.1 Å². The summed E-state index contributed by atoms with van der Waals surface area (Å²) >= 11 is 3.51. The maximum Gasteiger partial charge on any atom is 0.177 e. The number of carbonyl (C=O) groups is 1. The molecule has 2 rings (SSSR count). The molecule has 1 heterocycles. The van der Waals surface area contributed by atoms with Crippen LogP contribution in [-0.4, -0.2) is 27.8 Å². The van der Waals surface area contributed by atoms with Crippen LogP contribution in [0.2, 0.25) is 0 Å². The monoisotopic (exact) mass is 270 g/mol. The van der Waals surface area contributed by atoms with E-state index in [0.29, 0.717) is 16.4 Å². The lowest BCUT2D eigenvalue weighted by molar-refractivity contribution is 0.0989. The lowest BCUT2D eigenvalue weighted by Crippen LogP contribution is -2.31. The number of Topliss-reactive ketones (excluding diaryl/α,β-unsaturated/α-hetero) is 1. The largest absolute Gasteiger partial charge is 0.293 e. The Kier molecular flexibility index (Phi) is 4.15. The number of benzene rings is 1. The van der Waals surface area contributed by atoms with E-state index in [0.717, 1.165) is 11.5 Å². The summed E-state index contributed by atoms with van der Waals surface area (Å²) in [5.41, 5.74) is 1.08. The molecule has 0 N–H and O–H groups in total. The zero-order valence-electron chi connectivity index (χ0n) is 9.90. The molecule has 0 saturated carbocycles. The number of ketones is 1. The fraction of sp³-hybridized carbons (Fsp3) is 0.462. The average molecular weight is 270 g/mol. The molecule has 1 aliphatic heterocycles. The number of carbonyl (C=O) groups excluding carboxylic acids is 1. The average Bonchev–Trinajstić information content (AvgIpc) is 2.32. The number of hydrogen-bond acceptors (Lipinski definition) is 3. The minimum Gasteiger partial charge on any atom is -0.293 e. The number of halogens is 1. The molecule has 0 amide bonds. The van der Waals surface area contributed by atoms with Crippen LogP contribution in [0, 0.1) is 12.7 Å². The molecule has 1 aromatic carbocycles. The van der Waals surface area contributed by atoms with Gasteiger partial charge < -0.3 is 0 Å². The predicted octanol–water partition coefficient (Wildman–Crippen LogP) is 3.55. The van der Waals surface area contributed by atoms with Crippen LogP contribution in [0.5, 0.6) is 0 Å². The van der Waals surface area contributed by atoms with Gasteiger partial charge in [0.2, 0.25) is 0 Å². The summed E-state index contributed by atoms with van der Waals surface area (Å²) in [6.07, 6.45) is 0. The first-order valence-electron chi connectivity index (χ1n) is 5.63. The Morgan fingerprint density at radius 2 is 2.06 bits per heavy atom. The summed E-state index contributed by atoms with van der Waals surface area (Å²) < 4.78 is 13.4. The van der Waals surface area contributed by atoms with E-state index < -0.39 is 0 Å². The Balaban J connectivity index is 2.21. The molecule has 0 radical (unpaired) electrons. The first-order chi connectivity index (χ1) is 8.09. The molecule has 0 aromatic heterocycles. The van der Waals surface area contributed by atoms with Gasteiger partial charge >= 0.3 is 0 Å². The predicted molar refractivity (Wildman–Crippen MR) is 73.6 cm³/mol. The highest BCUT2D eigenvalue weighted by Crippen LogP contribution is 2.33. The highest BCUT2D eigenvalue weighted by Gasteiger charge is 2.29. The Bertz CT molecular complexity index is 433. The third-order valence-corrected chi connectivity index (χ3v) is 5.99. The zero-order chi connectivity index (χ0) is 12.4. The second kappa shape index (κ2) is 5.44. The molecule has 2 unspecified atom stereocenters. The summed E-state index contributed by atoms with van der Waals surface area (Å²) in [6.45, 7) is 3.78. The van der Waals surface area contributed by atoms with Crippen molar-refractivity contribution in [2.45, 2.75) is 24.3 Å². The molecule has 1 fully saturated rings. The van der Waals surface area contributed by atoms with E-state index in [2.05, 4.69) is 6.92 Å². The minimum absolute atomic E-state index is 0.0316. The van der Waals surface area contributed by atoms with Gasteiger partial charge in [0.15, 0.2) is 5.78 Å². The normalized spacial score (nSPS) is 24.6. The van der Waals surface area contributed by atoms with E-state index in [9.17, 15) is 9.18 Å². The summed E-state index contributed by atoms with van der Waals surface area (Å²) in [6, 6.07) is 4.77. The molecule has 1 nitrogen and oxygen atoms in total. The van der Waals surface area contributed by atoms with Gasteiger partial charge in [0, 0.05) is 22.3 Å². The van der Waals surface area contributed by atoms with E-state index >= 15 is 0 Å². The SMILES string of the molecule is Cc1ccc(C(=O)C2SCCSC2C)cc1F. The van der Waals surface area contributed by atoms with E-state index in [1.807, 2.05) is 11.8 Å². The van der Waals surface area contributed by atoms with Crippen molar-refractivity contribution in [1.82, 2.24) is 0 Å². The summed E-state index contributed by atoms with van der Waals surface area (Å²) in [5.74, 6) is 1.86. The molecular weight excluding hydrogens is 255 g/mol. The maximum atomic E-state index is 13.4. The molecule has 1 aromatic rings. The zero-order valence-corrected chi connectivity index (χ0v) is 11.5. The molecule has 4 heteroatoms. The minimum atomic E-state index is -0.294. The quantitative estimate of drug-likeness (QED) is 0.765. The van der Waals surface area contributed by atoms with Crippen LogP contribution in [0.3, 0.4) is 0 Å². The van der Waals surface area contributed by atoms with Gasteiger partial charge in [-0.2, -0.15) is 11.8 Å². The molecule has 0 spiro atoms. The van der Waals surface area contributed by atoms with Gasteiger partial charge in [0.05, 0.1) is 5.25 Å². The Labute approximate surface area is 110 Å². The first kappa shape index (κ1) is 13.0. The topological polar surface area (TPSA) is 17.1 Å². The third kappa shape index (κ3) is 2.86. The summed E-state index contributed by atoms with van der Waals surface area (Å²) in [4.78, 5) is 12.3. The Hall–Kier alpha value is -0.480. The smallest absolute Gasteiger partial charge is 0.177 e. The highest BCUT2D eigenvalue weighted by atomic mass is 32.2. The van der Waals surface area contributed by atoms with E-state index in [1.165, 1.54) is 6.07 Å². The van der Waals surface area contributed by atoms with Crippen molar-refractivity contribution in [1.29, 1.82) is 0 Å². The second-order valence-corrected chi connectivity index (χ2v) is 6.93. The highest BCUT2D eigenvalue weighted by molar-refractivity contribution is 8.07. The molecule has 2 atom stereocenters. The fourth-order valence-electron chi connectivity index (χ4n) is 1.83. The lowest BCUT2D eigenvalue weighted by atomic mass is 10.0. The van der Waals surface area contributed by atoms with Gasteiger partial charge in [-0.15, -0.1) is 11.8 Å². The van der Waals surface area contributed by atoms with Gasteiger partial charge in [0.25, 0.3) is 0 Å². The lowest BCUT2D eigenvalue weighted by Gasteiger charge is -2.26. The number of thioether (sulfide) groups is 2. The van der Waals surface area contributed by atoms with E-state index in [1.54, 1.807) is 30.8 Å². The summed E-state index contributed by atoms with van der Waals surface area (Å²) in [5, 5.41) is 0.279. The molecule has 0 aliphatic carbocycles. The van der Waals surface area contributed by atoms with Gasteiger partial charge in [-0.1, -0.05) is 19.1 Å². The fourth-order valence-corrected chi connectivity index (χ4v) is 4.56. The Morgan fingerprint density at radius 1 is 1.35 bits per heavy atom. The molecular formula is C13H15FOS2. The molecule has 1 aliphatic rings. The second-order valence-electron chi connectivity index (χ2n) is 4.20. The molecule has 92 valence electrons. The van der Waals surface area contributed by atoms with Gasteiger partial charge in [-0.25, -0.2) is 4.39 Å². The number of rotatable bonds is 2. The van der Waals surface area contributed by atoms with Crippen molar-refractivity contribution in [2.24, 2.45) is 0 Å². The Morgan fingerprint density at radius 3 is 2.71 bits per heavy atom. The van der Waals surface area contributed by atoms with Gasteiger partial charge in [-0.05, 0) is 18.6 Å². The van der Waals surface area contributed by atoms with Crippen LogP contribution in [0.15, 0.2) is 18.2 Å². The molecule has 1 saturated heterocycles. The van der Waals surface area contributed by atoms with Crippen LogP contribution >= 0.6 is 23.5 Å². The van der Waals surface area contributed by atoms with Crippen LogP contribution in [-0.2, 0) is 0 Å². The maximum absolute atomic E-state index is 13.4. The van der Waals surface area contributed by atoms with Gasteiger partial charge in [0.1, 0.15) is 5.82 Å². The summed E-state index contributed by atoms with van der Waals surface area (Å²) in [7, 11) is 0. The standard InChI is InChI=1S/C13H15FOS2/c1-8-3-4-10(7-11(8)14)12(15)13-9(2)16-5-6-17-13/h3-4,7,9,13H,5-6H2,1-2H3. The van der Waals surface area contributed by atoms with Crippen molar-refractivity contribution < 1.29 is 9.18 Å². The van der Waals surface area contributed by atoms with Crippen molar-refractivity contribution >= 4 is 29.3 Å². The van der Waals surface area contributed by atoms with E-state index in [4.69, 9.17) is 0 Å². The van der Waals surface area contributed by atoms with Crippen molar-refractivity contribution in [2.75, 3.05) is 11.5 Å². The van der Waals surface area contributed by atoms with Gasteiger partial charge in [-0.3, -0.25) is 4.79 Å².